The van der Waals surface area contributed by atoms with Crippen LogP contribution in [0.2, 0.25) is 0 Å². The summed E-state index contributed by atoms with van der Waals surface area (Å²) in [5.41, 5.74) is 5.72. The van der Waals surface area contributed by atoms with E-state index >= 15 is 0 Å². The van der Waals surface area contributed by atoms with E-state index in [0.717, 1.165) is 24.9 Å². The largest absolute Gasteiger partial charge is 0.330 e. The molecule has 1 rings (SSSR count). The van der Waals surface area contributed by atoms with Gasteiger partial charge in [-0.25, -0.2) is 0 Å². The lowest BCUT2D eigenvalue weighted by molar-refractivity contribution is 0.166. The Morgan fingerprint density at radius 2 is 1.81 bits per heavy atom. The molecule has 1 fully saturated rings. The fraction of sp³-hybridized carbons (Fsp3) is 0.857. The Hall–Kier alpha value is -0.340. The monoisotopic (exact) mass is 224 g/mol. The van der Waals surface area contributed by atoms with E-state index in [9.17, 15) is 0 Å². The molecule has 0 spiro atoms. The van der Waals surface area contributed by atoms with Gasteiger partial charge in [0.25, 0.3) is 0 Å². The van der Waals surface area contributed by atoms with E-state index in [2.05, 4.69) is 25.3 Å². The van der Waals surface area contributed by atoms with Gasteiger partial charge in [0, 0.05) is 19.1 Å². The molecule has 0 saturated heterocycles. The molecular weight excluding hydrogens is 196 g/mol. The average molecular weight is 224 g/mol. The average Bonchev–Trinajstić information content (AvgIpc) is 2.29. The standard InChI is InChI=1S/C14H28N2/c1-4-9-16(12(2)3)11-14-7-5-13(10-15)6-8-14/h4,12-14H,1,5-11,15H2,2-3H3. The van der Waals surface area contributed by atoms with Crippen molar-refractivity contribution < 1.29 is 0 Å². The molecule has 0 amide bonds. The van der Waals surface area contributed by atoms with Crippen LogP contribution in [-0.4, -0.2) is 30.6 Å². The van der Waals surface area contributed by atoms with E-state index < -0.39 is 0 Å². The normalized spacial score (nSPS) is 26.3. The summed E-state index contributed by atoms with van der Waals surface area (Å²) in [6.07, 6.45) is 7.42. The van der Waals surface area contributed by atoms with Crippen LogP contribution in [0.25, 0.3) is 0 Å². The number of nitrogens with zero attached hydrogens (tertiary/aromatic N) is 1. The van der Waals surface area contributed by atoms with Gasteiger partial charge < -0.3 is 5.73 Å². The fourth-order valence-corrected chi connectivity index (χ4v) is 2.64. The van der Waals surface area contributed by atoms with E-state index in [4.69, 9.17) is 5.73 Å². The summed E-state index contributed by atoms with van der Waals surface area (Å²) in [7, 11) is 0. The summed E-state index contributed by atoms with van der Waals surface area (Å²) in [5.74, 6) is 1.67. The second kappa shape index (κ2) is 7.08. The minimum Gasteiger partial charge on any atom is -0.330 e. The van der Waals surface area contributed by atoms with Crippen molar-refractivity contribution in [3.63, 3.8) is 0 Å². The van der Waals surface area contributed by atoms with Crippen LogP contribution in [0.4, 0.5) is 0 Å². The van der Waals surface area contributed by atoms with Gasteiger partial charge in [0.15, 0.2) is 0 Å². The molecule has 1 aliphatic rings. The minimum absolute atomic E-state index is 0.630. The smallest absolute Gasteiger partial charge is 0.0163 e. The molecule has 2 nitrogen and oxygen atoms in total. The van der Waals surface area contributed by atoms with Crippen molar-refractivity contribution in [2.75, 3.05) is 19.6 Å². The Morgan fingerprint density at radius 3 is 2.25 bits per heavy atom. The quantitative estimate of drug-likeness (QED) is 0.703. The summed E-state index contributed by atoms with van der Waals surface area (Å²) in [6.45, 7) is 11.5. The summed E-state index contributed by atoms with van der Waals surface area (Å²) in [5, 5.41) is 0. The Labute approximate surface area is 101 Å². The maximum Gasteiger partial charge on any atom is 0.0163 e. The molecule has 0 unspecified atom stereocenters. The molecule has 0 aromatic carbocycles. The third-order valence-electron chi connectivity index (χ3n) is 3.89. The van der Waals surface area contributed by atoms with Gasteiger partial charge in [-0.1, -0.05) is 6.08 Å². The van der Waals surface area contributed by atoms with Crippen molar-refractivity contribution in [3.8, 4) is 0 Å². The zero-order chi connectivity index (χ0) is 12.0. The first kappa shape index (κ1) is 13.7. The van der Waals surface area contributed by atoms with Crippen LogP contribution in [0.15, 0.2) is 12.7 Å². The zero-order valence-corrected chi connectivity index (χ0v) is 11.0. The van der Waals surface area contributed by atoms with Gasteiger partial charge in [-0.15, -0.1) is 6.58 Å². The van der Waals surface area contributed by atoms with E-state index in [-0.39, 0.29) is 0 Å². The van der Waals surface area contributed by atoms with Gasteiger partial charge in [0.2, 0.25) is 0 Å². The maximum absolute atomic E-state index is 5.72. The van der Waals surface area contributed by atoms with Gasteiger partial charge in [-0.05, 0) is 57.9 Å². The van der Waals surface area contributed by atoms with Crippen LogP contribution >= 0.6 is 0 Å². The van der Waals surface area contributed by atoms with Crippen molar-refractivity contribution in [3.05, 3.63) is 12.7 Å². The second-order valence-corrected chi connectivity index (χ2v) is 5.46. The van der Waals surface area contributed by atoms with E-state index in [1.807, 2.05) is 6.08 Å². The molecule has 0 aromatic rings. The number of hydrogen-bond donors (Lipinski definition) is 1. The van der Waals surface area contributed by atoms with Crippen molar-refractivity contribution >= 4 is 0 Å². The molecule has 1 saturated carbocycles. The van der Waals surface area contributed by atoms with Crippen LogP contribution in [0, 0.1) is 11.8 Å². The maximum atomic E-state index is 5.72. The van der Waals surface area contributed by atoms with Crippen molar-refractivity contribution in [1.82, 2.24) is 4.90 Å². The van der Waals surface area contributed by atoms with Crippen LogP contribution in [0.3, 0.4) is 0 Å². The lowest BCUT2D eigenvalue weighted by Crippen LogP contribution is -2.37. The Balaban J connectivity index is 2.33. The van der Waals surface area contributed by atoms with Gasteiger partial charge in [-0.3, -0.25) is 4.90 Å². The van der Waals surface area contributed by atoms with Crippen LogP contribution < -0.4 is 5.73 Å². The zero-order valence-electron chi connectivity index (χ0n) is 11.0. The summed E-state index contributed by atoms with van der Waals surface area (Å²) >= 11 is 0. The lowest BCUT2D eigenvalue weighted by Gasteiger charge is -2.33. The first-order valence-corrected chi connectivity index (χ1v) is 6.72. The molecule has 2 heteroatoms. The third kappa shape index (κ3) is 4.26. The molecule has 0 bridgehead atoms. The van der Waals surface area contributed by atoms with Gasteiger partial charge in [0.05, 0.1) is 0 Å². The first-order valence-electron chi connectivity index (χ1n) is 6.72. The molecule has 0 radical (unpaired) electrons. The number of rotatable bonds is 6. The molecule has 0 aromatic heterocycles. The molecule has 2 N–H and O–H groups in total. The van der Waals surface area contributed by atoms with Crippen LogP contribution in [-0.2, 0) is 0 Å². The van der Waals surface area contributed by atoms with E-state index in [1.54, 1.807) is 0 Å². The molecule has 16 heavy (non-hydrogen) atoms. The third-order valence-corrected chi connectivity index (χ3v) is 3.89. The van der Waals surface area contributed by atoms with Gasteiger partial charge in [0.1, 0.15) is 0 Å². The molecule has 94 valence electrons. The molecule has 0 aliphatic heterocycles. The molecule has 1 aliphatic carbocycles. The Bertz CT molecular complexity index is 193. The lowest BCUT2D eigenvalue weighted by atomic mass is 9.81. The van der Waals surface area contributed by atoms with Crippen LogP contribution in [0.5, 0.6) is 0 Å². The van der Waals surface area contributed by atoms with Crippen molar-refractivity contribution in [2.45, 2.75) is 45.6 Å². The summed E-state index contributed by atoms with van der Waals surface area (Å²) in [6, 6.07) is 0.630. The van der Waals surface area contributed by atoms with Crippen molar-refractivity contribution in [1.29, 1.82) is 0 Å². The predicted molar refractivity (Wildman–Crippen MR) is 71.4 cm³/mol. The van der Waals surface area contributed by atoms with Crippen molar-refractivity contribution in [2.24, 2.45) is 17.6 Å². The summed E-state index contributed by atoms with van der Waals surface area (Å²) < 4.78 is 0. The minimum atomic E-state index is 0.630. The van der Waals surface area contributed by atoms with E-state index in [0.29, 0.717) is 6.04 Å². The highest BCUT2D eigenvalue weighted by molar-refractivity contribution is 4.80. The number of nitrogens with two attached hydrogens (primary N) is 1. The molecule has 0 atom stereocenters. The number of hydrogen-bond acceptors (Lipinski definition) is 2. The Morgan fingerprint density at radius 1 is 1.25 bits per heavy atom. The molecule has 0 heterocycles. The van der Waals surface area contributed by atoms with Gasteiger partial charge in [-0.2, -0.15) is 0 Å². The highest BCUT2D eigenvalue weighted by Gasteiger charge is 2.22. The summed E-state index contributed by atoms with van der Waals surface area (Å²) in [4.78, 5) is 2.53. The van der Waals surface area contributed by atoms with E-state index in [1.165, 1.54) is 32.2 Å². The molecular formula is C14H28N2. The predicted octanol–water partition coefficient (Wildman–Crippen LogP) is 2.65. The van der Waals surface area contributed by atoms with Crippen LogP contribution in [0.1, 0.15) is 39.5 Å². The van der Waals surface area contributed by atoms with Gasteiger partial charge >= 0.3 is 0 Å². The topological polar surface area (TPSA) is 29.3 Å². The highest BCUT2D eigenvalue weighted by atomic mass is 15.1. The Kier molecular flexibility index (Phi) is 6.07. The SMILES string of the molecule is C=CCN(CC1CCC(CN)CC1)C(C)C. The highest BCUT2D eigenvalue weighted by Crippen LogP contribution is 2.28. The second-order valence-electron chi connectivity index (χ2n) is 5.46. The first-order chi connectivity index (χ1) is 7.67. The fourth-order valence-electron chi connectivity index (χ4n) is 2.64.